The van der Waals surface area contributed by atoms with Crippen molar-refractivity contribution < 1.29 is 38.1 Å². The Kier molecular flexibility index (Phi) is 11.5. The molecule has 8 nitrogen and oxygen atoms in total. The second-order valence-corrected chi connectivity index (χ2v) is 19.5. The van der Waals surface area contributed by atoms with Gasteiger partial charge < -0.3 is 18.9 Å². The van der Waals surface area contributed by atoms with E-state index in [-0.39, 0.29) is 6.61 Å². The molecule has 5 saturated carbocycles. The van der Waals surface area contributed by atoms with Gasteiger partial charge in [-0.2, -0.15) is 0 Å². The van der Waals surface area contributed by atoms with Gasteiger partial charge in [-0.05, 0) is 140 Å². The first kappa shape index (κ1) is 40.1. The number of esters is 4. The van der Waals surface area contributed by atoms with Crippen LogP contribution in [0.5, 0.6) is 0 Å². The van der Waals surface area contributed by atoms with Gasteiger partial charge in [0, 0.05) is 27.7 Å². The Morgan fingerprint density at radius 1 is 0.588 bits per heavy atom. The van der Waals surface area contributed by atoms with Crippen LogP contribution in [-0.2, 0) is 38.1 Å². The molecule has 0 aromatic carbocycles. The Hall–Kier alpha value is -2.12. The molecular formula is C43H70O8. The highest BCUT2D eigenvalue weighted by Crippen LogP contribution is 2.78. The molecule has 5 rings (SSSR count). The molecule has 0 aliphatic heterocycles. The van der Waals surface area contributed by atoms with Crippen molar-refractivity contribution in [2.24, 2.45) is 62.6 Å². The molecule has 0 aromatic rings. The van der Waals surface area contributed by atoms with Crippen molar-refractivity contribution in [1.82, 2.24) is 0 Å². The van der Waals surface area contributed by atoms with E-state index < -0.39 is 42.2 Å². The molecule has 8 heteroatoms. The lowest BCUT2D eigenvalue weighted by atomic mass is 9.32. The van der Waals surface area contributed by atoms with Crippen LogP contribution in [0.15, 0.2) is 0 Å². The first-order valence-electron chi connectivity index (χ1n) is 20.3. The highest BCUT2D eigenvalue weighted by atomic mass is 16.6. The third-order valence-electron chi connectivity index (χ3n) is 16.5. The lowest BCUT2D eigenvalue weighted by Crippen LogP contribution is -2.65. The SMILES string of the molecule is CC(=O)OC[C@H](OC(C)=O)[C@@H](OC(C)=O)[C@H](CC[C@@H](C)[C@H]1CC[C@@]2(C)[C@@H]1CC[C@]1(C)[C@@H]2CC[C@@H]2[C@@]3(C)CCCC(C)(C)[C@@H]3CC[C@]21C)OC(C)=O. The van der Waals surface area contributed by atoms with Crippen LogP contribution in [0.2, 0.25) is 0 Å². The fraction of sp³-hybridized carbons (Fsp3) is 0.907. The highest BCUT2D eigenvalue weighted by molar-refractivity contribution is 5.68. The minimum Gasteiger partial charge on any atom is -0.462 e. The van der Waals surface area contributed by atoms with Gasteiger partial charge in [-0.1, -0.05) is 54.9 Å². The molecule has 0 amide bonds. The Labute approximate surface area is 308 Å². The van der Waals surface area contributed by atoms with Crippen LogP contribution in [0, 0.1) is 62.6 Å². The molecule has 51 heavy (non-hydrogen) atoms. The minimum absolute atomic E-state index is 0.305. The highest BCUT2D eigenvalue weighted by Gasteiger charge is 2.70. The summed E-state index contributed by atoms with van der Waals surface area (Å²) in [6, 6.07) is 0. The summed E-state index contributed by atoms with van der Waals surface area (Å²) in [5.74, 6) is 1.68. The molecule has 13 atom stereocenters. The molecule has 5 fully saturated rings. The van der Waals surface area contributed by atoms with Gasteiger partial charge in [0.25, 0.3) is 0 Å². The molecule has 0 N–H and O–H groups in total. The molecule has 290 valence electrons. The largest absolute Gasteiger partial charge is 0.462 e. The van der Waals surface area contributed by atoms with E-state index in [4.69, 9.17) is 18.9 Å². The zero-order valence-electron chi connectivity index (χ0n) is 33.9. The zero-order valence-corrected chi connectivity index (χ0v) is 33.9. The van der Waals surface area contributed by atoms with Gasteiger partial charge in [0.05, 0.1) is 0 Å². The quantitative estimate of drug-likeness (QED) is 0.154. The second kappa shape index (κ2) is 14.6. The summed E-state index contributed by atoms with van der Waals surface area (Å²) in [5.41, 5.74) is 1.92. The summed E-state index contributed by atoms with van der Waals surface area (Å²) in [5, 5.41) is 0. The number of carbonyl (C=O) groups excluding carboxylic acids is 4. The molecule has 5 aliphatic carbocycles. The van der Waals surface area contributed by atoms with Crippen molar-refractivity contribution in [1.29, 1.82) is 0 Å². The molecule has 5 aliphatic rings. The first-order chi connectivity index (χ1) is 23.7. The van der Waals surface area contributed by atoms with Crippen molar-refractivity contribution in [2.75, 3.05) is 6.61 Å². The van der Waals surface area contributed by atoms with Crippen LogP contribution in [0.25, 0.3) is 0 Å². The number of ether oxygens (including phenoxy) is 4. The maximum Gasteiger partial charge on any atom is 0.303 e. The lowest BCUT2D eigenvalue weighted by molar-refractivity contribution is -0.241. The molecule has 0 saturated heterocycles. The van der Waals surface area contributed by atoms with Crippen molar-refractivity contribution in [3.63, 3.8) is 0 Å². The number of carbonyl (C=O) groups is 4. The fourth-order valence-corrected chi connectivity index (χ4v) is 14.4. The predicted molar refractivity (Wildman–Crippen MR) is 196 cm³/mol. The van der Waals surface area contributed by atoms with Crippen LogP contribution in [0.1, 0.15) is 160 Å². The van der Waals surface area contributed by atoms with E-state index in [1.807, 2.05) is 0 Å². The summed E-state index contributed by atoms with van der Waals surface area (Å²) < 4.78 is 22.1. The number of hydrogen-bond donors (Lipinski definition) is 0. The lowest BCUT2D eigenvalue weighted by Gasteiger charge is -2.73. The summed E-state index contributed by atoms with van der Waals surface area (Å²) in [6.07, 6.45) is 12.8. The first-order valence-corrected chi connectivity index (χ1v) is 20.3. The van der Waals surface area contributed by atoms with Gasteiger partial charge >= 0.3 is 23.9 Å². The van der Waals surface area contributed by atoms with E-state index in [0.717, 1.165) is 24.2 Å². The number of hydrogen-bond acceptors (Lipinski definition) is 8. The average Bonchev–Trinajstić information content (AvgIpc) is 3.36. The summed E-state index contributed by atoms with van der Waals surface area (Å²) in [7, 11) is 0. The van der Waals surface area contributed by atoms with Gasteiger partial charge in [0.2, 0.25) is 0 Å². The number of fused-ring (bicyclic) bond motifs is 7. The van der Waals surface area contributed by atoms with E-state index in [1.54, 1.807) is 0 Å². The predicted octanol–water partition coefficient (Wildman–Crippen LogP) is 9.25. The van der Waals surface area contributed by atoms with E-state index in [2.05, 4.69) is 48.5 Å². The maximum atomic E-state index is 12.4. The number of rotatable bonds is 11. The van der Waals surface area contributed by atoms with Crippen LogP contribution >= 0.6 is 0 Å². The van der Waals surface area contributed by atoms with E-state index >= 15 is 0 Å². The van der Waals surface area contributed by atoms with Gasteiger partial charge in [0.15, 0.2) is 12.2 Å². The van der Waals surface area contributed by atoms with Gasteiger partial charge in [-0.15, -0.1) is 0 Å². The van der Waals surface area contributed by atoms with Gasteiger partial charge in [-0.25, -0.2) is 0 Å². The van der Waals surface area contributed by atoms with Crippen LogP contribution in [0.3, 0.4) is 0 Å². The van der Waals surface area contributed by atoms with Crippen molar-refractivity contribution in [3.05, 3.63) is 0 Å². The molecule has 0 aromatic heterocycles. The molecule has 0 bridgehead atoms. The Balaban J connectivity index is 1.33. The smallest absolute Gasteiger partial charge is 0.303 e. The topological polar surface area (TPSA) is 105 Å². The van der Waals surface area contributed by atoms with Crippen LogP contribution in [0.4, 0.5) is 0 Å². The van der Waals surface area contributed by atoms with Crippen molar-refractivity contribution in [3.8, 4) is 0 Å². The fourth-order valence-electron chi connectivity index (χ4n) is 14.4. The third kappa shape index (κ3) is 7.25. The van der Waals surface area contributed by atoms with Crippen LogP contribution in [-0.4, -0.2) is 48.8 Å². The molecule has 0 spiro atoms. The monoisotopic (exact) mass is 715 g/mol. The summed E-state index contributed by atoms with van der Waals surface area (Å²) in [6.45, 7) is 23.0. The summed E-state index contributed by atoms with van der Waals surface area (Å²) >= 11 is 0. The van der Waals surface area contributed by atoms with E-state index in [1.165, 1.54) is 98.3 Å². The third-order valence-corrected chi connectivity index (χ3v) is 16.5. The Bertz CT molecular complexity index is 1320. The molecule has 0 radical (unpaired) electrons. The summed E-state index contributed by atoms with van der Waals surface area (Å²) in [4.78, 5) is 48.3. The van der Waals surface area contributed by atoms with Crippen molar-refractivity contribution in [2.45, 2.75) is 178 Å². The molecular weight excluding hydrogens is 644 g/mol. The van der Waals surface area contributed by atoms with Crippen molar-refractivity contribution >= 4 is 23.9 Å². The standard InChI is InChI=1S/C43H70O8/c1-26(13-14-33(49-28(3)45)38(51-30(5)47)34(50-29(4)46)25-48-27(2)44)31-17-22-40(8)32(31)18-23-42(10)36(40)15-16-37-41(9)21-12-20-39(6,7)35(41)19-24-43(37,42)11/h26,31-38H,12-25H2,1-11H3/t26-,31-,32-,33+,34+,35+,36-,37-,38+,40+,41+,42-,43-/m1/s1. The second-order valence-electron chi connectivity index (χ2n) is 19.5. The maximum absolute atomic E-state index is 12.4. The minimum atomic E-state index is -1.10. The van der Waals surface area contributed by atoms with E-state index in [9.17, 15) is 19.2 Å². The van der Waals surface area contributed by atoms with Gasteiger partial charge in [0.1, 0.15) is 12.7 Å². The van der Waals surface area contributed by atoms with Crippen LogP contribution < -0.4 is 0 Å². The Morgan fingerprint density at radius 3 is 1.75 bits per heavy atom. The van der Waals surface area contributed by atoms with E-state index in [0.29, 0.717) is 51.2 Å². The normalized spacial score (nSPS) is 40.5. The zero-order chi connectivity index (χ0) is 37.7. The molecule has 0 heterocycles. The Morgan fingerprint density at radius 2 is 1.16 bits per heavy atom. The average molecular weight is 715 g/mol. The van der Waals surface area contributed by atoms with Gasteiger partial charge in [-0.3, -0.25) is 19.2 Å². The molecule has 0 unspecified atom stereocenters.